The molecular weight excluding hydrogens is 256 g/mol. The zero-order valence-electron chi connectivity index (χ0n) is 11.3. The minimum atomic E-state index is -0.755. The Morgan fingerprint density at radius 1 is 1.35 bits per heavy atom. The minimum absolute atomic E-state index is 0.358. The molecule has 0 radical (unpaired) electrons. The molecular formula is C14H16N4O2. The third-order valence-corrected chi connectivity index (χ3v) is 3.85. The number of benzene rings is 1. The molecule has 6 nitrogen and oxygen atoms in total. The third-order valence-electron chi connectivity index (χ3n) is 3.85. The van der Waals surface area contributed by atoms with E-state index in [1.807, 2.05) is 31.2 Å². The summed E-state index contributed by atoms with van der Waals surface area (Å²) in [6, 6.07) is 8.17. The predicted molar refractivity (Wildman–Crippen MR) is 71.1 cm³/mol. The monoisotopic (exact) mass is 272 g/mol. The molecule has 1 aliphatic rings. The van der Waals surface area contributed by atoms with Gasteiger partial charge >= 0.3 is 5.97 Å². The lowest BCUT2D eigenvalue weighted by Gasteiger charge is -2.10. The number of carbonyl (C=O) groups is 1. The third kappa shape index (κ3) is 2.41. The van der Waals surface area contributed by atoms with Crippen LogP contribution in [0.4, 0.5) is 0 Å². The Balaban J connectivity index is 1.77. The van der Waals surface area contributed by atoms with Gasteiger partial charge in [0.15, 0.2) is 5.82 Å². The predicted octanol–water partition coefficient (Wildman–Crippen LogP) is 1.44. The fourth-order valence-electron chi connectivity index (χ4n) is 2.24. The van der Waals surface area contributed by atoms with Crippen molar-refractivity contribution in [1.29, 1.82) is 0 Å². The molecule has 3 rings (SSSR count). The maximum absolute atomic E-state index is 11.2. The van der Waals surface area contributed by atoms with Crippen LogP contribution in [-0.2, 0) is 17.8 Å². The molecule has 1 aliphatic carbocycles. The van der Waals surface area contributed by atoms with Gasteiger partial charge < -0.3 is 5.11 Å². The van der Waals surface area contributed by atoms with Crippen molar-refractivity contribution in [1.82, 2.24) is 20.2 Å². The van der Waals surface area contributed by atoms with Gasteiger partial charge in [0, 0.05) is 6.42 Å². The van der Waals surface area contributed by atoms with Gasteiger partial charge in [-0.05, 0) is 35.8 Å². The Morgan fingerprint density at radius 2 is 2.05 bits per heavy atom. The van der Waals surface area contributed by atoms with Crippen molar-refractivity contribution in [3.05, 3.63) is 41.2 Å². The number of aromatic nitrogens is 4. The van der Waals surface area contributed by atoms with E-state index in [4.69, 9.17) is 0 Å². The SMILES string of the molecule is Cc1ccc(Cc2nnnn2CC2(C(=O)O)CC2)cc1. The Hall–Kier alpha value is -2.24. The molecule has 1 heterocycles. The van der Waals surface area contributed by atoms with Crippen LogP contribution in [0.25, 0.3) is 0 Å². The molecule has 1 N–H and O–H groups in total. The summed E-state index contributed by atoms with van der Waals surface area (Å²) in [6.07, 6.45) is 2.02. The number of tetrazole rings is 1. The summed E-state index contributed by atoms with van der Waals surface area (Å²) < 4.78 is 1.63. The lowest BCUT2D eigenvalue weighted by Crippen LogP contribution is -2.23. The van der Waals surface area contributed by atoms with Crippen LogP contribution in [0, 0.1) is 12.3 Å². The summed E-state index contributed by atoms with van der Waals surface area (Å²) in [6.45, 7) is 2.40. The van der Waals surface area contributed by atoms with E-state index < -0.39 is 11.4 Å². The maximum Gasteiger partial charge on any atom is 0.311 e. The normalized spacial score (nSPS) is 16.1. The number of nitrogens with zero attached hydrogens (tertiary/aromatic N) is 4. The lowest BCUT2D eigenvalue weighted by atomic mass is 10.1. The first-order valence-electron chi connectivity index (χ1n) is 6.63. The zero-order chi connectivity index (χ0) is 14.2. The largest absolute Gasteiger partial charge is 0.481 e. The number of hydrogen-bond acceptors (Lipinski definition) is 4. The molecule has 1 saturated carbocycles. The molecule has 0 aliphatic heterocycles. The first kappa shape index (κ1) is 12.8. The van der Waals surface area contributed by atoms with Crippen LogP contribution in [0.15, 0.2) is 24.3 Å². The van der Waals surface area contributed by atoms with Crippen molar-refractivity contribution in [3.63, 3.8) is 0 Å². The number of aryl methyl sites for hydroxylation is 1. The van der Waals surface area contributed by atoms with E-state index in [1.54, 1.807) is 4.68 Å². The molecule has 0 bridgehead atoms. The fourth-order valence-corrected chi connectivity index (χ4v) is 2.24. The van der Waals surface area contributed by atoms with E-state index in [0.29, 0.717) is 31.6 Å². The topological polar surface area (TPSA) is 80.9 Å². The van der Waals surface area contributed by atoms with Crippen LogP contribution in [0.1, 0.15) is 29.8 Å². The molecule has 0 saturated heterocycles. The van der Waals surface area contributed by atoms with Crippen molar-refractivity contribution in [2.45, 2.75) is 32.7 Å². The molecule has 1 fully saturated rings. The van der Waals surface area contributed by atoms with E-state index in [2.05, 4.69) is 15.5 Å². The molecule has 2 aromatic rings. The van der Waals surface area contributed by atoms with Crippen molar-refractivity contribution in [2.75, 3.05) is 0 Å². The number of hydrogen-bond donors (Lipinski definition) is 1. The van der Waals surface area contributed by atoms with E-state index in [1.165, 1.54) is 5.56 Å². The standard InChI is InChI=1S/C14H16N4O2/c1-10-2-4-11(5-3-10)8-12-15-16-17-18(12)9-14(6-7-14)13(19)20/h2-5H,6-9H2,1H3,(H,19,20). The second-order valence-electron chi connectivity index (χ2n) is 5.50. The first-order valence-corrected chi connectivity index (χ1v) is 6.63. The minimum Gasteiger partial charge on any atom is -0.481 e. The summed E-state index contributed by atoms with van der Waals surface area (Å²) in [5.41, 5.74) is 1.67. The van der Waals surface area contributed by atoms with Gasteiger partial charge in [-0.3, -0.25) is 4.79 Å². The second kappa shape index (κ2) is 4.70. The van der Waals surface area contributed by atoms with Gasteiger partial charge in [0.2, 0.25) is 0 Å². The highest BCUT2D eigenvalue weighted by Gasteiger charge is 2.51. The van der Waals surface area contributed by atoms with E-state index in [9.17, 15) is 9.90 Å². The van der Waals surface area contributed by atoms with Crippen molar-refractivity contribution in [3.8, 4) is 0 Å². The van der Waals surface area contributed by atoms with E-state index in [-0.39, 0.29) is 0 Å². The zero-order valence-corrected chi connectivity index (χ0v) is 11.3. The highest BCUT2D eigenvalue weighted by Crippen LogP contribution is 2.47. The van der Waals surface area contributed by atoms with Gasteiger partial charge in [-0.2, -0.15) is 0 Å². The Kier molecular flexibility index (Phi) is 3.00. The Morgan fingerprint density at radius 3 is 2.65 bits per heavy atom. The van der Waals surface area contributed by atoms with Gasteiger partial charge in [-0.15, -0.1) is 5.10 Å². The summed E-state index contributed by atoms with van der Waals surface area (Å²) >= 11 is 0. The van der Waals surface area contributed by atoms with Gasteiger partial charge in [-0.25, -0.2) is 4.68 Å². The van der Waals surface area contributed by atoms with Crippen molar-refractivity contribution < 1.29 is 9.90 Å². The lowest BCUT2D eigenvalue weighted by molar-refractivity contribution is -0.144. The first-order chi connectivity index (χ1) is 9.59. The highest BCUT2D eigenvalue weighted by molar-refractivity contribution is 5.77. The number of carboxylic acid groups (broad SMARTS) is 1. The quantitative estimate of drug-likeness (QED) is 0.890. The maximum atomic E-state index is 11.2. The highest BCUT2D eigenvalue weighted by atomic mass is 16.4. The molecule has 1 aromatic carbocycles. The fraction of sp³-hybridized carbons (Fsp3) is 0.429. The molecule has 1 aromatic heterocycles. The summed E-state index contributed by atoms with van der Waals surface area (Å²) in [7, 11) is 0. The molecule has 104 valence electrons. The second-order valence-corrected chi connectivity index (χ2v) is 5.50. The van der Waals surface area contributed by atoms with Crippen LogP contribution >= 0.6 is 0 Å². The number of aliphatic carboxylic acids is 1. The van der Waals surface area contributed by atoms with Crippen LogP contribution in [0.5, 0.6) is 0 Å². The molecule has 20 heavy (non-hydrogen) atoms. The Labute approximate surface area is 116 Å². The molecule has 0 atom stereocenters. The smallest absolute Gasteiger partial charge is 0.311 e. The number of rotatable bonds is 5. The summed E-state index contributed by atoms with van der Waals surface area (Å²) in [4.78, 5) is 11.2. The van der Waals surface area contributed by atoms with Crippen molar-refractivity contribution in [2.24, 2.45) is 5.41 Å². The van der Waals surface area contributed by atoms with Gasteiger partial charge in [0.1, 0.15) is 0 Å². The van der Waals surface area contributed by atoms with Gasteiger partial charge in [0.25, 0.3) is 0 Å². The van der Waals surface area contributed by atoms with Crippen LogP contribution in [-0.4, -0.2) is 31.3 Å². The van der Waals surface area contributed by atoms with E-state index >= 15 is 0 Å². The van der Waals surface area contributed by atoms with E-state index in [0.717, 1.165) is 5.56 Å². The van der Waals surface area contributed by atoms with Crippen LogP contribution < -0.4 is 0 Å². The molecule has 0 unspecified atom stereocenters. The summed E-state index contributed by atoms with van der Waals surface area (Å²) in [5.74, 6) is -0.0457. The van der Waals surface area contributed by atoms with Crippen molar-refractivity contribution >= 4 is 5.97 Å². The average molecular weight is 272 g/mol. The average Bonchev–Trinajstić information content (AvgIpc) is 3.08. The van der Waals surface area contributed by atoms with Gasteiger partial charge in [0.05, 0.1) is 12.0 Å². The molecule has 0 spiro atoms. The number of carboxylic acids is 1. The Bertz CT molecular complexity index is 629. The molecule has 6 heteroatoms. The van der Waals surface area contributed by atoms with Crippen LogP contribution in [0.3, 0.4) is 0 Å². The van der Waals surface area contributed by atoms with Crippen LogP contribution in [0.2, 0.25) is 0 Å². The summed E-state index contributed by atoms with van der Waals surface area (Å²) in [5, 5.41) is 20.9. The molecule has 0 amide bonds. The van der Waals surface area contributed by atoms with Gasteiger partial charge in [-0.1, -0.05) is 29.8 Å².